The van der Waals surface area contributed by atoms with Gasteiger partial charge in [-0.25, -0.2) is 15.0 Å². The van der Waals surface area contributed by atoms with Crippen LogP contribution in [-0.2, 0) is 0 Å². The Morgan fingerprint density at radius 3 is 1.29 bits per heavy atom. The molecule has 0 fully saturated rings. The van der Waals surface area contributed by atoms with Crippen molar-refractivity contribution in [3.8, 4) is 73.3 Å². The fourth-order valence-electron chi connectivity index (χ4n) is 6.94. The molecule has 0 saturated carbocycles. The van der Waals surface area contributed by atoms with E-state index >= 15 is 0 Å². The molecule has 9 aromatic rings. The van der Waals surface area contributed by atoms with Gasteiger partial charge in [0.1, 0.15) is 5.75 Å². The molecule has 0 radical (unpaired) electrons. The smallest absolute Gasteiger partial charge is 0.164 e. The maximum absolute atomic E-state index is 11.3. The summed E-state index contributed by atoms with van der Waals surface area (Å²) < 4.78 is 0. The Labute approximate surface area is 296 Å². The predicted molar refractivity (Wildman–Crippen MR) is 209 cm³/mol. The highest BCUT2D eigenvalue weighted by molar-refractivity contribution is 5.98. The van der Waals surface area contributed by atoms with Gasteiger partial charge in [-0.1, -0.05) is 176 Å². The van der Waals surface area contributed by atoms with Crippen LogP contribution in [0.1, 0.15) is 0 Å². The van der Waals surface area contributed by atoms with Gasteiger partial charge in [-0.3, -0.25) is 0 Å². The number of aromatic hydroxyl groups is 1. The van der Waals surface area contributed by atoms with Crippen molar-refractivity contribution in [1.29, 1.82) is 0 Å². The largest absolute Gasteiger partial charge is 0.507 e. The zero-order valence-electron chi connectivity index (χ0n) is 27.6. The van der Waals surface area contributed by atoms with Crippen LogP contribution in [0.15, 0.2) is 182 Å². The van der Waals surface area contributed by atoms with Crippen LogP contribution in [0.5, 0.6) is 5.75 Å². The van der Waals surface area contributed by atoms with Gasteiger partial charge < -0.3 is 5.11 Å². The number of benzene rings is 8. The molecule has 0 saturated heterocycles. The predicted octanol–water partition coefficient (Wildman–Crippen LogP) is 11.9. The number of nitrogens with zero attached hydrogens (tertiary/aromatic N) is 3. The van der Waals surface area contributed by atoms with E-state index in [4.69, 9.17) is 15.0 Å². The van der Waals surface area contributed by atoms with Crippen LogP contribution in [0.25, 0.3) is 89.1 Å². The SMILES string of the molecule is Oc1cccc(-c2nc(-c3ccccc3)nc(-c3ccc(-c4cccc5ccccc45)cc3)n2)c1-c1ccc(-c2cccc3ccccc23)cc1. The molecule has 0 unspecified atom stereocenters. The molecule has 51 heavy (non-hydrogen) atoms. The van der Waals surface area contributed by atoms with Crippen LogP contribution in [-0.4, -0.2) is 20.1 Å². The van der Waals surface area contributed by atoms with Crippen molar-refractivity contribution in [3.05, 3.63) is 182 Å². The Morgan fingerprint density at radius 1 is 0.294 bits per heavy atom. The molecule has 8 aromatic carbocycles. The summed E-state index contributed by atoms with van der Waals surface area (Å²) in [5.74, 6) is 1.77. The second-order valence-corrected chi connectivity index (χ2v) is 12.6. The van der Waals surface area contributed by atoms with Crippen LogP contribution in [0, 0.1) is 0 Å². The van der Waals surface area contributed by atoms with Crippen LogP contribution in [0.2, 0.25) is 0 Å². The van der Waals surface area contributed by atoms with Crippen molar-refractivity contribution >= 4 is 21.5 Å². The molecule has 1 heterocycles. The molecule has 1 N–H and O–H groups in total. The minimum Gasteiger partial charge on any atom is -0.507 e. The minimum absolute atomic E-state index is 0.160. The third-order valence-electron chi connectivity index (χ3n) is 9.47. The lowest BCUT2D eigenvalue weighted by Gasteiger charge is -2.14. The third-order valence-corrected chi connectivity index (χ3v) is 9.47. The molecule has 0 aliphatic rings. The lowest BCUT2D eigenvalue weighted by Crippen LogP contribution is -2.01. The standard InChI is InChI=1S/C47H31N3O/c51-43-22-10-21-42(44(43)35-27-23-33(24-28-35)40-19-8-15-31-11-4-6-17-38(31)40)47-49-45(36-13-2-1-3-14-36)48-46(50-47)37-29-25-34(26-30-37)41-20-9-16-32-12-5-7-18-39(32)41/h1-30,51H. The molecule has 0 amide bonds. The number of hydrogen-bond acceptors (Lipinski definition) is 4. The molecular weight excluding hydrogens is 623 g/mol. The molecule has 240 valence electrons. The monoisotopic (exact) mass is 653 g/mol. The number of phenols is 1. The van der Waals surface area contributed by atoms with Gasteiger partial charge in [-0.05, 0) is 55.4 Å². The van der Waals surface area contributed by atoms with Gasteiger partial charge in [0.2, 0.25) is 0 Å². The summed E-state index contributed by atoms with van der Waals surface area (Å²) in [6.07, 6.45) is 0. The quantitative estimate of drug-likeness (QED) is 0.194. The Balaban J connectivity index is 1.14. The summed E-state index contributed by atoms with van der Waals surface area (Å²) in [6.45, 7) is 0. The fraction of sp³-hybridized carbons (Fsp3) is 0. The van der Waals surface area contributed by atoms with Gasteiger partial charge in [0.15, 0.2) is 17.5 Å². The highest BCUT2D eigenvalue weighted by atomic mass is 16.3. The maximum Gasteiger partial charge on any atom is 0.164 e. The second kappa shape index (κ2) is 12.8. The van der Waals surface area contributed by atoms with Crippen LogP contribution < -0.4 is 0 Å². The molecule has 0 spiro atoms. The van der Waals surface area contributed by atoms with Gasteiger partial charge in [0.05, 0.1) is 0 Å². The number of phenolic OH excluding ortho intramolecular Hbond substituents is 1. The second-order valence-electron chi connectivity index (χ2n) is 12.6. The summed E-state index contributed by atoms with van der Waals surface area (Å²) in [6, 6.07) is 61.8. The first kappa shape index (κ1) is 30.2. The molecule has 0 aliphatic heterocycles. The van der Waals surface area contributed by atoms with Gasteiger partial charge in [0, 0.05) is 22.3 Å². The minimum atomic E-state index is 0.160. The Bertz CT molecular complexity index is 2670. The van der Waals surface area contributed by atoms with Crippen molar-refractivity contribution in [2.45, 2.75) is 0 Å². The third kappa shape index (κ3) is 5.69. The van der Waals surface area contributed by atoms with E-state index in [1.165, 1.54) is 32.7 Å². The summed E-state index contributed by atoms with van der Waals surface area (Å²) in [5, 5.41) is 16.2. The average Bonchev–Trinajstić information content (AvgIpc) is 3.20. The Morgan fingerprint density at radius 2 is 0.706 bits per heavy atom. The van der Waals surface area contributed by atoms with Gasteiger partial charge in [-0.2, -0.15) is 0 Å². The van der Waals surface area contributed by atoms with Gasteiger partial charge in [-0.15, -0.1) is 0 Å². The van der Waals surface area contributed by atoms with Crippen molar-refractivity contribution < 1.29 is 5.11 Å². The lowest BCUT2D eigenvalue weighted by molar-refractivity contribution is 0.477. The van der Waals surface area contributed by atoms with E-state index in [-0.39, 0.29) is 5.75 Å². The number of aromatic nitrogens is 3. The lowest BCUT2D eigenvalue weighted by atomic mass is 9.94. The molecule has 0 bridgehead atoms. The van der Waals surface area contributed by atoms with Gasteiger partial charge >= 0.3 is 0 Å². The molecule has 4 heteroatoms. The number of fused-ring (bicyclic) bond motifs is 2. The zero-order valence-corrected chi connectivity index (χ0v) is 27.6. The highest BCUT2D eigenvalue weighted by Crippen LogP contribution is 2.40. The Hall–Kier alpha value is -6.91. The first-order valence-corrected chi connectivity index (χ1v) is 17.0. The average molecular weight is 654 g/mol. The van der Waals surface area contributed by atoms with Gasteiger partial charge in [0.25, 0.3) is 0 Å². The van der Waals surface area contributed by atoms with Crippen LogP contribution in [0.3, 0.4) is 0 Å². The normalized spacial score (nSPS) is 11.2. The first-order chi connectivity index (χ1) is 25.2. The van der Waals surface area contributed by atoms with Crippen molar-refractivity contribution in [1.82, 2.24) is 15.0 Å². The van der Waals surface area contributed by atoms with Crippen LogP contribution >= 0.6 is 0 Å². The summed E-state index contributed by atoms with van der Waals surface area (Å²) in [7, 11) is 0. The zero-order chi connectivity index (χ0) is 34.1. The van der Waals surface area contributed by atoms with E-state index in [0.29, 0.717) is 23.0 Å². The van der Waals surface area contributed by atoms with E-state index in [1.807, 2.05) is 42.5 Å². The van der Waals surface area contributed by atoms with E-state index in [1.54, 1.807) is 6.07 Å². The number of rotatable bonds is 6. The van der Waals surface area contributed by atoms with Crippen LogP contribution in [0.4, 0.5) is 0 Å². The summed E-state index contributed by atoms with van der Waals surface area (Å²) >= 11 is 0. The fourth-order valence-corrected chi connectivity index (χ4v) is 6.94. The molecule has 9 rings (SSSR count). The van der Waals surface area contributed by atoms with E-state index in [2.05, 4.69) is 133 Å². The topological polar surface area (TPSA) is 58.9 Å². The van der Waals surface area contributed by atoms with E-state index in [9.17, 15) is 5.11 Å². The van der Waals surface area contributed by atoms with Crippen molar-refractivity contribution in [3.63, 3.8) is 0 Å². The van der Waals surface area contributed by atoms with Crippen molar-refractivity contribution in [2.24, 2.45) is 0 Å². The summed E-state index contributed by atoms with van der Waals surface area (Å²) in [5.41, 5.74) is 8.59. The summed E-state index contributed by atoms with van der Waals surface area (Å²) in [4.78, 5) is 15.0. The molecule has 0 atom stereocenters. The van der Waals surface area contributed by atoms with Crippen molar-refractivity contribution in [2.75, 3.05) is 0 Å². The molecule has 0 aliphatic carbocycles. The van der Waals surface area contributed by atoms with E-state index < -0.39 is 0 Å². The molecular formula is C47H31N3O. The number of hydrogen-bond donors (Lipinski definition) is 1. The first-order valence-electron chi connectivity index (χ1n) is 17.0. The molecule has 4 nitrogen and oxygen atoms in total. The maximum atomic E-state index is 11.3. The Kier molecular flexibility index (Phi) is 7.60. The highest BCUT2D eigenvalue weighted by Gasteiger charge is 2.18. The van der Waals surface area contributed by atoms with E-state index in [0.717, 1.165) is 33.4 Å². The molecule has 1 aromatic heterocycles.